The molecular weight excluding hydrogens is 396 g/mol. The molecule has 2 aromatic carbocycles. The summed E-state index contributed by atoms with van der Waals surface area (Å²) >= 11 is 5.96. The first-order valence-corrected chi connectivity index (χ1v) is 9.79. The molecule has 0 radical (unpaired) electrons. The van der Waals surface area contributed by atoms with Gasteiger partial charge < -0.3 is 24.4 Å². The SMILES string of the molecule is Cc1ccc(Cl)cc1OCC(O)COc1cccc(CC(OC(C)C)C(=O)O)c1. The molecule has 2 N–H and O–H groups in total. The van der Waals surface area contributed by atoms with Gasteiger partial charge in [0.15, 0.2) is 6.10 Å². The molecule has 2 unspecified atom stereocenters. The smallest absolute Gasteiger partial charge is 0.333 e. The van der Waals surface area contributed by atoms with Crippen LogP contribution in [0.15, 0.2) is 42.5 Å². The molecule has 0 spiro atoms. The Morgan fingerprint density at radius 3 is 2.52 bits per heavy atom. The first-order valence-electron chi connectivity index (χ1n) is 9.41. The molecule has 0 fully saturated rings. The molecule has 0 aliphatic rings. The highest BCUT2D eigenvalue weighted by molar-refractivity contribution is 6.30. The Morgan fingerprint density at radius 1 is 1.10 bits per heavy atom. The van der Waals surface area contributed by atoms with E-state index in [0.717, 1.165) is 11.1 Å². The summed E-state index contributed by atoms with van der Waals surface area (Å²) in [5, 5.41) is 20.0. The van der Waals surface area contributed by atoms with Gasteiger partial charge in [-0.25, -0.2) is 4.79 Å². The quantitative estimate of drug-likeness (QED) is 0.571. The molecule has 2 aromatic rings. The van der Waals surface area contributed by atoms with Crippen LogP contribution in [0.2, 0.25) is 5.02 Å². The van der Waals surface area contributed by atoms with Crippen LogP contribution in [0.5, 0.6) is 11.5 Å². The minimum Gasteiger partial charge on any atom is -0.491 e. The highest BCUT2D eigenvalue weighted by Gasteiger charge is 2.20. The van der Waals surface area contributed by atoms with Gasteiger partial charge in [-0.05, 0) is 56.2 Å². The number of halogens is 1. The summed E-state index contributed by atoms with van der Waals surface area (Å²) in [6, 6.07) is 12.4. The van der Waals surface area contributed by atoms with Crippen LogP contribution in [-0.2, 0) is 16.0 Å². The van der Waals surface area contributed by atoms with Crippen LogP contribution in [0, 0.1) is 6.92 Å². The van der Waals surface area contributed by atoms with Crippen molar-refractivity contribution < 1.29 is 29.2 Å². The van der Waals surface area contributed by atoms with E-state index in [2.05, 4.69) is 0 Å². The number of rotatable bonds is 11. The van der Waals surface area contributed by atoms with Crippen molar-refractivity contribution in [1.82, 2.24) is 0 Å². The number of benzene rings is 2. The average Bonchev–Trinajstić information content (AvgIpc) is 2.66. The monoisotopic (exact) mass is 422 g/mol. The van der Waals surface area contributed by atoms with Gasteiger partial charge in [0, 0.05) is 11.4 Å². The van der Waals surface area contributed by atoms with Crippen molar-refractivity contribution in [3.63, 3.8) is 0 Å². The van der Waals surface area contributed by atoms with Crippen LogP contribution < -0.4 is 9.47 Å². The topological polar surface area (TPSA) is 85.2 Å². The lowest BCUT2D eigenvalue weighted by Crippen LogP contribution is -2.29. The molecule has 0 saturated heterocycles. The summed E-state index contributed by atoms with van der Waals surface area (Å²) in [6.45, 7) is 5.58. The number of aliphatic hydroxyl groups excluding tert-OH is 1. The molecule has 0 aliphatic carbocycles. The van der Waals surface area contributed by atoms with E-state index in [0.29, 0.717) is 16.5 Å². The zero-order valence-corrected chi connectivity index (χ0v) is 17.6. The van der Waals surface area contributed by atoms with E-state index in [1.807, 2.05) is 19.1 Å². The lowest BCUT2D eigenvalue weighted by atomic mass is 10.1. The van der Waals surface area contributed by atoms with Crippen LogP contribution in [0.25, 0.3) is 0 Å². The molecule has 7 heteroatoms. The Morgan fingerprint density at radius 2 is 1.83 bits per heavy atom. The van der Waals surface area contributed by atoms with Crippen molar-refractivity contribution in [1.29, 1.82) is 0 Å². The number of aryl methyl sites for hydroxylation is 1. The summed E-state index contributed by atoms with van der Waals surface area (Å²) in [5.74, 6) is 0.145. The van der Waals surface area contributed by atoms with E-state index in [9.17, 15) is 15.0 Å². The first kappa shape index (κ1) is 23.0. The fraction of sp³-hybridized carbons (Fsp3) is 0.409. The molecule has 0 amide bonds. The number of aliphatic carboxylic acids is 1. The van der Waals surface area contributed by atoms with Gasteiger partial charge in [-0.15, -0.1) is 0 Å². The summed E-state index contributed by atoms with van der Waals surface area (Å²) in [6.07, 6.45) is -1.73. The van der Waals surface area contributed by atoms with E-state index in [1.165, 1.54) is 0 Å². The number of carbonyl (C=O) groups is 1. The van der Waals surface area contributed by atoms with Crippen molar-refractivity contribution >= 4 is 17.6 Å². The Balaban J connectivity index is 1.87. The summed E-state index contributed by atoms with van der Waals surface area (Å²) < 4.78 is 16.7. The van der Waals surface area contributed by atoms with Gasteiger partial charge >= 0.3 is 5.97 Å². The van der Waals surface area contributed by atoms with Gasteiger partial charge in [0.2, 0.25) is 0 Å². The van der Waals surface area contributed by atoms with E-state index < -0.39 is 18.2 Å². The molecule has 0 aromatic heterocycles. The fourth-order valence-corrected chi connectivity index (χ4v) is 2.82. The third kappa shape index (κ3) is 7.93. The maximum Gasteiger partial charge on any atom is 0.333 e. The zero-order valence-electron chi connectivity index (χ0n) is 16.8. The second-order valence-corrected chi connectivity index (χ2v) is 7.49. The van der Waals surface area contributed by atoms with Gasteiger partial charge in [-0.3, -0.25) is 0 Å². The maximum absolute atomic E-state index is 11.4. The largest absolute Gasteiger partial charge is 0.491 e. The first-order chi connectivity index (χ1) is 13.7. The zero-order chi connectivity index (χ0) is 21.4. The average molecular weight is 423 g/mol. The van der Waals surface area contributed by atoms with Crippen molar-refractivity contribution in [3.05, 3.63) is 58.6 Å². The molecule has 158 valence electrons. The lowest BCUT2D eigenvalue weighted by molar-refractivity contribution is -0.153. The molecule has 6 nitrogen and oxygen atoms in total. The van der Waals surface area contributed by atoms with Crippen LogP contribution in [0.1, 0.15) is 25.0 Å². The maximum atomic E-state index is 11.4. The minimum atomic E-state index is -1.01. The highest BCUT2D eigenvalue weighted by Crippen LogP contribution is 2.23. The molecule has 29 heavy (non-hydrogen) atoms. The third-order valence-corrected chi connectivity index (χ3v) is 4.29. The second kappa shape index (κ2) is 11.0. The van der Waals surface area contributed by atoms with Crippen molar-refractivity contribution in [2.45, 2.75) is 45.5 Å². The van der Waals surface area contributed by atoms with E-state index >= 15 is 0 Å². The molecule has 2 rings (SSSR count). The molecule has 0 saturated carbocycles. The van der Waals surface area contributed by atoms with Crippen LogP contribution in [-0.4, -0.2) is 47.7 Å². The summed E-state index contributed by atoms with van der Waals surface area (Å²) in [7, 11) is 0. The Labute approximate surface area is 176 Å². The highest BCUT2D eigenvalue weighted by atomic mass is 35.5. The predicted molar refractivity (Wildman–Crippen MR) is 111 cm³/mol. The van der Waals surface area contributed by atoms with E-state index in [1.54, 1.807) is 44.2 Å². The van der Waals surface area contributed by atoms with Gasteiger partial charge in [-0.1, -0.05) is 29.8 Å². The molecule has 0 bridgehead atoms. The Bertz CT molecular complexity index is 808. The van der Waals surface area contributed by atoms with Gasteiger partial charge in [0.1, 0.15) is 30.8 Å². The lowest BCUT2D eigenvalue weighted by Gasteiger charge is -2.17. The second-order valence-electron chi connectivity index (χ2n) is 7.05. The third-order valence-electron chi connectivity index (χ3n) is 4.06. The number of hydrogen-bond acceptors (Lipinski definition) is 5. The van der Waals surface area contributed by atoms with E-state index in [4.69, 9.17) is 25.8 Å². The minimum absolute atomic E-state index is 0.0356. The number of hydrogen-bond donors (Lipinski definition) is 2. The van der Waals surface area contributed by atoms with E-state index in [-0.39, 0.29) is 25.7 Å². The van der Waals surface area contributed by atoms with Gasteiger partial charge in [0.25, 0.3) is 0 Å². The number of carboxylic acids is 1. The Kier molecular flexibility index (Phi) is 8.76. The predicted octanol–water partition coefficient (Wildman–Crippen LogP) is 3.89. The summed E-state index contributed by atoms with van der Waals surface area (Å²) in [5.41, 5.74) is 1.70. The van der Waals surface area contributed by atoms with Gasteiger partial charge in [-0.2, -0.15) is 0 Å². The standard InChI is InChI=1S/C22H27ClO6/c1-14(2)29-21(22(25)26)10-16-5-4-6-19(9-16)27-12-18(24)13-28-20-11-17(23)8-7-15(20)3/h4-9,11,14,18,21,24H,10,12-13H2,1-3H3,(H,25,26). The normalized spacial score (nSPS) is 13.2. The molecular formula is C22H27ClO6. The van der Waals surface area contributed by atoms with Crippen molar-refractivity contribution in [2.75, 3.05) is 13.2 Å². The summed E-state index contributed by atoms with van der Waals surface area (Å²) in [4.78, 5) is 11.4. The number of aliphatic hydroxyl groups is 1. The van der Waals surface area contributed by atoms with Crippen LogP contribution in [0.4, 0.5) is 0 Å². The molecule has 2 atom stereocenters. The molecule has 0 aliphatic heterocycles. The number of carboxylic acid groups (broad SMARTS) is 1. The number of ether oxygens (including phenoxy) is 3. The fourth-order valence-electron chi connectivity index (χ4n) is 2.65. The van der Waals surface area contributed by atoms with Crippen molar-refractivity contribution in [2.24, 2.45) is 0 Å². The Hall–Kier alpha value is -2.28. The van der Waals surface area contributed by atoms with Crippen LogP contribution >= 0.6 is 11.6 Å². The molecule has 0 heterocycles. The van der Waals surface area contributed by atoms with Crippen LogP contribution in [0.3, 0.4) is 0 Å². The van der Waals surface area contributed by atoms with Gasteiger partial charge in [0.05, 0.1) is 6.10 Å². The van der Waals surface area contributed by atoms with Crippen molar-refractivity contribution in [3.8, 4) is 11.5 Å².